The van der Waals surface area contributed by atoms with E-state index < -0.39 is 41.2 Å². The average Bonchev–Trinajstić information content (AvgIpc) is 3.67. The molecule has 3 amide bonds. The first-order valence-corrected chi connectivity index (χ1v) is 18.4. The van der Waals surface area contributed by atoms with Gasteiger partial charge in [-0.05, 0) is 11.1 Å². The van der Waals surface area contributed by atoms with Crippen molar-refractivity contribution in [2.75, 3.05) is 11.5 Å². The van der Waals surface area contributed by atoms with E-state index >= 15 is 0 Å². The van der Waals surface area contributed by atoms with Gasteiger partial charge in [0.1, 0.15) is 21.4 Å². The summed E-state index contributed by atoms with van der Waals surface area (Å²) in [7, 11) is 0. The van der Waals surface area contributed by atoms with Crippen molar-refractivity contribution in [3.8, 4) is 0 Å². The smallest absolute Gasteiger partial charge is 0.356 e. The van der Waals surface area contributed by atoms with Gasteiger partial charge in [0.15, 0.2) is 21.3 Å². The van der Waals surface area contributed by atoms with Crippen molar-refractivity contribution in [3.05, 3.63) is 103 Å². The van der Waals surface area contributed by atoms with Crippen molar-refractivity contribution in [3.63, 3.8) is 0 Å². The number of β-lactam (4-membered cyclic amide) rings is 1. The predicted octanol–water partition coefficient (Wildman–Crippen LogP) is 3.97. The SMILES string of the molecule is NC(=O)Cc1csc(SC2=C(C(=O)OC(c3ccccc3)c3ccccc3)N3C(=O)[C@@H](NC(=O)/C(Cc4nc(N)sc4Cl)=N\O)[C@H]3SC2)n1. The molecule has 0 radical (unpaired) electrons. The standard InChI is InChI=1S/C31H26ClN7O6S4/c32-25-18(36-30(34)49-25)12-19(38-44)26(41)37-22-27(42)39-23(20(14-46-28(22)39)48-31-35-17(13-47-31)11-21(33)40)29(43)45-24(15-7-3-1-4-8-15)16-9-5-2-6-10-16/h1-10,13,22,24,28,44H,11-12,14H2,(H2,33,40)(H2,34,36)(H,37,41)/b38-19-/t22-,28-/m1/s1. The summed E-state index contributed by atoms with van der Waals surface area (Å²) in [6.45, 7) is 0. The number of rotatable bonds is 12. The number of thiazole rings is 2. The second kappa shape index (κ2) is 15.0. The van der Waals surface area contributed by atoms with E-state index in [1.807, 2.05) is 60.7 Å². The maximum Gasteiger partial charge on any atom is 0.356 e. The number of hydrogen-bond donors (Lipinski definition) is 4. The zero-order valence-electron chi connectivity index (χ0n) is 25.1. The molecule has 6 N–H and O–H groups in total. The number of carbonyl (C=O) groups excluding carboxylic acids is 4. The van der Waals surface area contributed by atoms with E-state index in [4.69, 9.17) is 27.8 Å². The Bertz CT molecular complexity index is 1930. The first kappa shape index (κ1) is 34.4. The molecule has 0 aliphatic carbocycles. The topological polar surface area (TPSA) is 203 Å². The molecule has 1 fully saturated rings. The Balaban J connectivity index is 1.28. The zero-order valence-corrected chi connectivity index (χ0v) is 29.2. The van der Waals surface area contributed by atoms with Crippen LogP contribution in [-0.4, -0.2) is 66.6 Å². The van der Waals surface area contributed by atoms with Crippen molar-refractivity contribution >= 4 is 92.3 Å². The molecule has 2 aliphatic heterocycles. The molecule has 18 heteroatoms. The minimum Gasteiger partial charge on any atom is -0.448 e. The number of anilines is 1. The minimum absolute atomic E-state index is 0.0218. The summed E-state index contributed by atoms with van der Waals surface area (Å²) >= 11 is 10.9. The van der Waals surface area contributed by atoms with E-state index in [9.17, 15) is 24.4 Å². The van der Waals surface area contributed by atoms with E-state index in [-0.39, 0.29) is 45.2 Å². The number of oxime groups is 1. The van der Waals surface area contributed by atoms with Gasteiger partial charge in [-0.2, -0.15) is 0 Å². The number of fused-ring (bicyclic) bond motifs is 1. The van der Waals surface area contributed by atoms with E-state index in [0.717, 1.165) is 22.5 Å². The third-order valence-corrected chi connectivity index (χ3v) is 12.0. The van der Waals surface area contributed by atoms with Gasteiger partial charge in [0.25, 0.3) is 11.8 Å². The molecule has 252 valence electrons. The van der Waals surface area contributed by atoms with Gasteiger partial charge >= 0.3 is 5.97 Å². The van der Waals surface area contributed by atoms with E-state index in [2.05, 4.69) is 20.4 Å². The molecule has 4 aromatic rings. The summed E-state index contributed by atoms with van der Waals surface area (Å²) in [6.07, 6.45) is -1.04. The molecule has 13 nitrogen and oxygen atoms in total. The van der Waals surface area contributed by atoms with Crippen LogP contribution in [0.5, 0.6) is 0 Å². The molecule has 0 unspecified atom stereocenters. The fourth-order valence-corrected chi connectivity index (χ4v) is 9.50. The second-order valence-electron chi connectivity index (χ2n) is 10.6. The highest BCUT2D eigenvalue weighted by Crippen LogP contribution is 2.46. The maximum absolute atomic E-state index is 14.2. The number of thioether (sulfide) groups is 2. The monoisotopic (exact) mass is 755 g/mol. The number of amides is 3. The quantitative estimate of drug-likeness (QED) is 0.0536. The Morgan fingerprint density at radius 2 is 1.78 bits per heavy atom. The molecule has 0 bridgehead atoms. The summed E-state index contributed by atoms with van der Waals surface area (Å²) in [5.74, 6) is -2.37. The number of ether oxygens (including phenoxy) is 1. The number of nitrogen functional groups attached to an aromatic ring is 1. The molecule has 2 aromatic carbocycles. The molecule has 6 rings (SSSR count). The molecule has 0 spiro atoms. The lowest BCUT2D eigenvalue weighted by atomic mass is 10.0. The number of carbonyl (C=O) groups is 4. The van der Waals surface area contributed by atoms with E-state index in [0.29, 0.717) is 14.9 Å². The molecule has 4 heterocycles. The molecule has 1 saturated heterocycles. The molecule has 49 heavy (non-hydrogen) atoms. The van der Waals surface area contributed by atoms with Crippen LogP contribution in [-0.2, 0) is 36.8 Å². The van der Waals surface area contributed by atoms with Gasteiger partial charge in [0, 0.05) is 22.5 Å². The van der Waals surface area contributed by atoms with Crippen LogP contribution in [0.3, 0.4) is 0 Å². The van der Waals surface area contributed by atoms with E-state index in [1.165, 1.54) is 39.8 Å². The van der Waals surface area contributed by atoms with Crippen molar-refractivity contribution in [2.24, 2.45) is 10.9 Å². The molecular weight excluding hydrogens is 730 g/mol. The fraction of sp³-hybridized carbons (Fsp3) is 0.194. The Labute approximate surface area is 300 Å². The molecular formula is C31H26ClN7O6S4. The maximum atomic E-state index is 14.2. The number of nitrogens with one attached hydrogen (secondary N) is 1. The lowest BCUT2D eigenvalue weighted by Crippen LogP contribution is -2.71. The summed E-state index contributed by atoms with van der Waals surface area (Å²) < 4.78 is 6.96. The number of hydrogen-bond acceptors (Lipinski definition) is 14. The predicted molar refractivity (Wildman–Crippen MR) is 188 cm³/mol. The van der Waals surface area contributed by atoms with Crippen LogP contribution >= 0.6 is 57.8 Å². The van der Waals surface area contributed by atoms with Crippen molar-refractivity contribution in [1.29, 1.82) is 0 Å². The summed E-state index contributed by atoms with van der Waals surface area (Å²) in [5, 5.41) is 16.5. The van der Waals surface area contributed by atoms with Crippen LogP contribution in [0.1, 0.15) is 28.6 Å². The average molecular weight is 756 g/mol. The third kappa shape index (κ3) is 7.60. The van der Waals surface area contributed by atoms with Crippen molar-refractivity contribution in [1.82, 2.24) is 20.2 Å². The van der Waals surface area contributed by atoms with Gasteiger partial charge in [0.05, 0.1) is 17.8 Å². The summed E-state index contributed by atoms with van der Waals surface area (Å²) in [6, 6.07) is 17.4. The van der Waals surface area contributed by atoms with E-state index in [1.54, 1.807) is 5.38 Å². The number of nitrogens with zero attached hydrogens (tertiary/aromatic N) is 4. The highest BCUT2D eigenvalue weighted by Gasteiger charge is 2.55. The second-order valence-corrected chi connectivity index (χ2v) is 15.5. The third-order valence-electron chi connectivity index (χ3n) is 7.32. The number of aromatic nitrogens is 2. The number of primary amides is 1. The molecule has 0 saturated carbocycles. The highest BCUT2D eigenvalue weighted by atomic mass is 35.5. The van der Waals surface area contributed by atoms with Crippen LogP contribution in [0.2, 0.25) is 4.34 Å². The Morgan fingerprint density at radius 3 is 2.37 bits per heavy atom. The van der Waals surface area contributed by atoms with Gasteiger partial charge in [-0.1, -0.05) is 101 Å². The summed E-state index contributed by atoms with van der Waals surface area (Å²) in [5.41, 5.74) is 12.9. The number of esters is 1. The summed E-state index contributed by atoms with van der Waals surface area (Å²) in [4.78, 5) is 62.9. The Kier molecular flexibility index (Phi) is 10.5. The highest BCUT2D eigenvalue weighted by molar-refractivity contribution is 8.07. The lowest BCUT2D eigenvalue weighted by Gasteiger charge is -2.49. The zero-order chi connectivity index (χ0) is 34.7. The van der Waals surface area contributed by atoms with Crippen LogP contribution in [0.25, 0.3) is 0 Å². The number of nitrogens with two attached hydrogens (primary N) is 2. The van der Waals surface area contributed by atoms with Gasteiger partial charge in [-0.25, -0.2) is 14.8 Å². The number of halogens is 1. The van der Waals surface area contributed by atoms with Crippen molar-refractivity contribution < 1.29 is 29.1 Å². The van der Waals surface area contributed by atoms with Gasteiger partial charge < -0.3 is 26.7 Å². The molecule has 2 aromatic heterocycles. The lowest BCUT2D eigenvalue weighted by molar-refractivity contribution is -0.154. The van der Waals surface area contributed by atoms with Gasteiger partial charge in [-0.15, -0.1) is 23.1 Å². The van der Waals surface area contributed by atoms with Crippen molar-refractivity contribution in [2.45, 2.75) is 34.7 Å². The van der Waals surface area contributed by atoms with Gasteiger partial charge in [0.2, 0.25) is 5.91 Å². The van der Waals surface area contributed by atoms with Crippen LogP contribution in [0, 0.1) is 0 Å². The molecule has 2 aliphatic rings. The largest absolute Gasteiger partial charge is 0.448 e. The molecule has 2 atom stereocenters. The first-order valence-electron chi connectivity index (χ1n) is 14.4. The van der Waals surface area contributed by atoms with Crippen LogP contribution < -0.4 is 16.8 Å². The Hall–Kier alpha value is -4.42. The fourth-order valence-electron chi connectivity index (χ4n) is 5.11. The Morgan fingerprint density at radius 1 is 1.10 bits per heavy atom. The number of benzene rings is 2. The minimum atomic E-state index is -1.04. The van der Waals surface area contributed by atoms with Crippen LogP contribution in [0.4, 0.5) is 5.13 Å². The van der Waals surface area contributed by atoms with Gasteiger partial charge in [-0.3, -0.25) is 19.3 Å². The first-order chi connectivity index (χ1) is 23.6. The van der Waals surface area contributed by atoms with Crippen LogP contribution in [0.15, 0.2) is 86.1 Å². The normalized spacial score (nSPS) is 17.5.